The van der Waals surface area contributed by atoms with E-state index in [1.807, 2.05) is 30.0 Å². The van der Waals surface area contributed by atoms with Crippen molar-refractivity contribution in [3.8, 4) is 0 Å². The van der Waals surface area contributed by atoms with Crippen LogP contribution < -0.4 is 4.90 Å². The second-order valence-corrected chi connectivity index (χ2v) is 6.76. The molecule has 0 aromatic heterocycles. The van der Waals surface area contributed by atoms with Gasteiger partial charge in [0.15, 0.2) is 0 Å². The van der Waals surface area contributed by atoms with Crippen molar-refractivity contribution in [1.82, 2.24) is 0 Å². The Morgan fingerprint density at radius 1 is 1.23 bits per heavy atom. The zero-order chi connectivity index (χ0) is 15.5. The Bertz CT molecular complexity index is 671. The Morgan fingerprint density at radius 3 is 2.73 bits per heavy atom. The number of carbonyl (C=O) groups excluding carboxylic acids is 1. The van der Waals surface area contributed by atoms with E-state index in [-0.39, 0.29) is 17.0 Å². The van der Waals surface area contributed by atoms with Gasteiger partial charge in [0, 0.05) is 17.5 Å². The third-order valence-corrected chi connectivity index (χ3v) is 5.17. The van der Waals surface area contributed by atoms with Crippen LogP contribution in [0, 0.1) is 5.82 Å². The summed E-state index contributed by atoms with van der Waals surface area (Å²) in [5.41, 5.74) is 3.33. The SMILES string of the molecule is CC(SCC(=O)N1CCc2ccccc21)c1ccc(F)cc1. The number of para-hydroxylation sites is 1. The molecule has 3 rings (SSSR count). The summed E-state index contributed by atoms with van der Waals surface area (Å²) in [4.78, 5) is 14.3. The van der Waals surface area contributed by atoms with Crippen molar-refractivity contribution in [3.63, 3.8) is 0 Å². The van der Waals surface area contributed by atoms with Gasteiger partial charge >= 0.3 is 0 Å². The maximum Gasteiger partial charge on any atom is 0.237 e. The Hall–Kier alpha value is -1.81. The maximum absolute atomic E-state index is 12.9. The number of rotatable bonds is 4. The lowest BCUT2D eigenvalue weighted by atomic mass is 10.2. The summed E-state index contributed by atoms with van der Waals surface area (Å²) in [7, 11) is 0. The second kappa shape index (κ2) is 6.53. The van der Waals surface area contributed by atoms with Gasteiger partial charge in [-0.2, -0.15) is 0 Å². The van der Waals surface area contributed by atoms with E-state index in [0.717, 1.165) is 24.2 Å². The molecule has 0 fully saturated rings. The Morgan fingerprint density at radius 2 is 1.95 bits per heavy atom. The van der Waals surface area contributed by atoms with E-state index in [4.69, 9.17) is 0 Å². The molecule has 4 heteroatoms. The summed E-state index contributed by atoms with van der Waals surface area (Å²) < 4.78 is 12.9. The van der Waals surface area contributed by atoms with Gasteiger partial charge in [-0.15, -0.1) is 11.8 Å². The van der Waals surface area contributed by atoms with Crippen LogP contribution in [0.25, 0.3) is 0 Å². The van der Waals surface area contributed by atoms with Crippen LogP contribution in [0.3, 0.4) is 0 Å². The first-order chi connectivity index (χ1) is 10.6. The minimum Gasteiger partial charge on any atom is -0.311 e. The molecule has 2 nitrogen and oxygen atoms in total. The molecule has 114 valence electrons. The summed E-state index contributed by atoms with van der Waals surface area (Å²) in [6.45, 7) is 2.81. The van der Waals surface area contributed by atoms with Crippen LogP contribution in [0.4, 0.5) is 10.1 Å². The van der Waals surface area contributed by atoms with Gasteiger partial charge in [0.1, 0.15) is 5.82 Å². The Labute approximate surface area is 134 Å². The molecule has 1 atom stereocenters. The predicted octanol–water partition coefficient (Wildman–Crippen LogP) is 4.21. The summed E-state index contributed by atoms with van der Waals surface area (Å²) in [5, 5.41) is 0.169. The molecule has 0 radical (unpaired) electrons. The van der Waals surface area contributed by atoms with E-state index >= 15 is 0 Å². The quantitative estimate of drug-likeness (QED) is 0.842. The lowest BCUT2D eigenvalue weighted by Gasteiger charge is -2.18. The smallest absolute Gasteiger partial charge is 0.237 e. The second-order valence-electron chi connectivity index (χ2n) is 5.43. The van der Waals surface area contributed by atoms with Crippen molar-refractivity contribution in [2.45, 2.75) is 18.6 Å². The number of nitrogens with zero attached hydrogens (tertiary/aromatic N) is 1. The number of hydrogen-bond acceptors (Lipinski definition) is 2. The number of halogens is 1. The van der Waals surface area contributed by atoms with Gasteiger partial charge in [-0.25, -0.2) is 4.39 Å². The highest BCUT2D eigenvalue weighted by atomic mass is 32.2. The molecular weight excluding hydrogens is 297 g/mol. The fourth-order valence-electron chi connectivity index (χ4n) is 2.70. The molecule has 0 spiro atoms. The van der Waals surface area contributed by atoms with Crippen LogP contribution in [0.5, 0.6) is 0 Å². The van der Waals surface area contributed by atoms with Crippen LogP contribution in [-0.2, 0) is 11.2 Å². The van der Waals surface area contributed by atoms with E-state index in [2.05, 4.69) is 6.07 Å². The monoisotopic (exact) mass is 315 g/mol. The molecule has 0 aliphatic carbocycles. The van der Waals surface area contributed by atoms with Gasteiger partial charge in [-0.3, -0.25) is 4.79 Å². The first-order valence-corrected chi connectivity index (χ1v) is 8.45. The zero-order valence-corrected chi connectivity index (χ0v) is 13.3. The number of anilines is 1. The van der Waals surface area contributed by atoms with Crippen molar-refractivity contribution in [2.75, 3.05) is 17.2 Å². The topological polar surface area (TPSA) is 20.3 Å². The lowest BCUT2D eigenvalue weighted by molar-refractivity contribution is -0.116. The summed E-state index contributed by atoms with van der Waals surface area (Å²) in [6.07, 6.45) is 0.931. The van der Waals surface area contributed by atoms with Crippen LogP contribution in [-0.4, -0.2) is 18.2 Å². The van der Waals surface area contributed by atoms with Crippen molar-refractivity contribution < 1.29 is 9.18 Å². The molecule has 0 N–H and O–H groups in total. The fourth-order valence-corrected chi connectivity index (χ4v) is 3.60. The standard InChI is InChI=1S/C18H18FNOS/c1-13(14-6-8-16(19)9-7-14)22-12-18(21)20-11-10-15-4-2-3-5-17(15)20/h2-9,13H,10-12H2,1H3. The van der Waals surface area contributed by atoms with E-state index in [9.17, 15) is 9.18 Å². The normalized spacial score (nSPS) is 14.7. The first-order valence-electron chi connectivity index (χ1n) is 7.40. The highest BCUT2D eigenvalue weighted by molar-refractivity contribution is 8.00. The summed E-state index contributed by atoms with van der Waals surface area (Å²) in [5.74, 6) is 0.349. The predicted molar refractivity (Wildman–Crippen MR) is 89.8 cm³/mol. The fraction of sp³-hybridized carbons (Fsp3) is 0.278. The highest BCUT2D eigenvalue weighted by Gasteiger charge is 2.24. The van der Waals surface area contributed by atoms with Crippen molar-refractivity contribution >= 4 is 23.4 Å². The van der Waals surface area contributed by atoms with Gasteiger partial charge in [0.2, 0.25) is 5.91 Å². The molecule has 1 amide bonds. The molecular formula is C18H18FNOS. The number of hydrogen-bond donors (Lipinski definition) is 0. The third-order valence-electron chi connectivity index (χ3n) is 3.98. The molecule has 2 aromatic carbocycles. The van der Waals surface area contributed by atoms with Crippen LogP contribution >= 0.6 is 11.8 Å². The molecule has 1 aliphatic rings. The molecule has 0 saturated carbocycles. The minimum absolute atomic E-state index is 0.143. The van der Waals surface area contributed by atoms with Gasteiger partial charge in [0.25, 0.3) is 0 Å². The molecule has 22 heavy (non-hydrogen) atoms. The van der Waals surface area contributed by atoms with Crippen molar-refractivity contribution in [2.24, 2.45) is 0 Å². The molecule has 1 aliphatic heterocycles. The number of thioether (sulfide) groups is 1. The Kier molecular flexibility index (Phi) is 4.48. The van der Waals surface area contributed by atoms with Crippen LogP contribution in [0.2, 0.25) is 0 Å². The van der Waals surface area contributed by atoms with Gasteiger partial charge in [0.05, 0.1) is 5.75 Å². The summed E-state index contributed by atoms with van der Waals surface area (Å²) >= 11 is 1.59. The zero-order valence-electron chi connectivity index (χ0n) is 12.5. The van der Waals surface area contributed by atoms with Crippen LogP contribution in [0.1, 0.15) is 23.3 Å². The average molecular weight is 315 g/mol. The van der Waals surface area contributed by atoms with Crippen molar-refractivity contribution in [1.29, 1.82) is 0 Å². The van der Waals surface area contributed by atoms with Crippen LogP contribution in [0.15, 0.2) is 48.5 Å². The number of benzene rings is 2. The number of amides is 1. The molecule has 0 saturated heterocycles. The molecule has 1 unspecified atom stereocenters. The number of carbonyl (C=O) groups is 1. The van der Waals surface area contributed by atoms with Gasteiger partial charge in [-0.1, -0.05) is 30.3 Å². The molecule has 2 aromatic rings. The minimum atomic E-state index is -0.231. The van der Waals surface area contributed by atoms with Gasteiger partial charge in [-0.05, 0) is 42.7 Å². The summed E-state index contributed by atoms with van der Waals surface area (Å²) in [6, 6.07) is 14.6. The van der Waals surface area contributed by atoms with E-state index < -0.39 is 0 Å². The highest BCUT2D eigenvalue weighted by Crippen LogP contribution is 2.31. The molecule has 0 bridgehead atoms. The third kappa shape index (κ3) is 3.17. The largest absolute Gasteiger partial charge is 0.311 e. The Balaban J connectivity index is 1.60. The maximum atomic E-state index is 12.9. The van der Waals surface area contributed by atoms with Gasteiger partial charge < -0.3 is 4.90 Å². The average Bonchev–Trinajstić information content (AvgIpc) is 2.97. The lowest BCUT2D eigenvalue weighted by Crippen LogP contribution is -2.30. The molecule has 1 heterocycles. The number of fused-ring (bicyclic) bond motifs is 1. The first kappa shape index (κ1) is 15.1. The van der Waals surface area contributed by atoms with E-state index in [1.165, 1.54) is 17.7 Å². The van der Waals surface area contributed by atoms with E-state index in [1.54, 1.807) is 23.9 Å². The van der Waals surface area contributed by atoms with E-state index in [0.29, 0.717) is 5.75 Å². The van der Waals surface area contributed by atoms with Crippen molar-refractivity contribution in [3.05, 3.63) is 65.5 Å².